The molecule has 0 saturated carbocycles. The number of carboxylic acid groups (broad SMARTS) is 1. The Bertz CT molecular complexity index is 749. The van der Waals surface area contributed by atoms with E-state index in [0.717, 1.165) is 6.33 Å². The second-order valence-electron chi connectivity index (χ2n) is 5.38. The van der Waals surface area contributed by atoms with Crippen LogP contribution in [0.25, 0.3) is 5.82 Å². The third kappa shape index (κ3) is 2.72. The number of aliphatic carboxylic acids is 1. The maximum absolute atomic E-state index is 13.1. The number of nitrogens with zero attached hydrogens (tertiary/aromatic N) is 5. The predicted molar refractivity (Wildman–Crippen MR) is 76.5 cm³/mol. The molecule has 0 amide bonds. The van der Waals surface area contributed by atoms with E-state index in [2.05, 4.69) is 15.1 Å². The second kappa shape index (κ2) is 5.65. The van der Waals surface area contributed by atoms with E-state index in [1.165, 1.54) is 15.8 Å². The van der Waals surface area contributed by atoms with Gasteiger partial charge in [0.05, 0.1) is 11.8 Å². The predicted octanol–water partition coefficient (Wildman–Crippen LogP) is 0.944. The van der Waals surface area contributed by atoms with Crippen LogP contribution in [0.15, 0.2) is 24.8 Å². The molecule has 0 radical (unpaired) electrons. The van der Waals surface area contributed by atoms with Crippen LogP contribution in [-0.2, 0) is 4.79 Å². The van der Waals surface area contributed by atoms with Crippen molar-refractivity contribution in [3.05, 3.63) is 24.8 Å². The molecule has 11 heteroatoms. The fraction of sp³-hybridized carbons (Fsp3) is 0.385. The number of hydrogen-bond donors (Lipinski definition) is 2. The van der Waals surface area contributed by atoms with E-state index in [1.807, 2.05) is 0 Å². The van der Waals surface area contributed by atoms with Gasteiger partial charge in [-0.2, -0.15) is 18.3 Å². The van der Waals surface area contributed by atoms with Crippen molar-refractivity contribution in [3.63, 3.8) is 0 Å². The third-order valence-corrected chi connectivity index (χ3v) is 3.92. The molecule has 24 heavy (non-hydrogen) atoms. The molecule has 1 aliphatic rings. The van der Waals surface area contributed by atoms with Gasteiger partial charge in [0, 0.05) is 25.5 Å². The normalized spacial score (nSPS) is 21.2. The number of hydrogen-bond acceptors (Lipinski definition) is 6. The van der Waals surface area contributed by atoms with Gasteiger partial charge in [0.15, 0.2) is 11.6 Å². The number of nitrogen functional groups attached to an aromatic ring is 1. The summed E-state index contributed by atoms with van der Waals surface area (Å²) in [6.07, 6.45) is -0.397. The highest BCUT2D eigenvalue weighted by Gasteiger charge is 2.53. The van der Waals surface area contributed by atoms with Crippen molar-refractivity contribution in [1.82, 2.24) is 19.7 Å². The summed E-state index contributed by atoms with van der Waals surface area (Å²) in [5.74, 6) is -4.79. The van der Waals surface area contributed by atoms with Crippen molar-refractivity contribution in [1.29, 1.82) is 0 Å². The molecule has 3 heterocycles. The van der Waals surface area contributed by atoms with Crippen LogP contribution >= 0.6 is 0 Å². The number of anilines is 2. The Balaban J connectivity index is 1.96. The SMILES string of the molecule is Nc1c(N2C[C@@H](C(F)(F)F)[C@H](C(=O)O)C2)ncnc1-n1cccn1. The first-order chi connectivity index (χ1) is 11.3. The summed E-state index contributed by atoms with van der Waals surface area (Å²) in [6.45, 7) is -0.862. The lowest BCUT2D eigenvalue weighted by molar-refractivity contribution is -0.187. The molecule has 0 bridgehead atoms. The van der Waals surface area contributed by atoms with Crippen LogP contribution in [0.1, 0.15) is 0 Å². The van der Waals surface area contributed by atoms with Gasteiger partial charge in [-0.25, -0.2) is 14.6 Å². The highest BCUT2D eigenvalue weighted by atomic mass is 19.4. The molecule has 1 aliphatic heterocycles. The van der Waals surface area contributed by atoms with Crippen molar-refractivity contribution in [2.24, 2.45) is 11.8 Å². The molecule has 1 fully saturated rings. The number of carbonyl (C=O) groups is 1. The average molecular weight is 342 g/mol. The molecule has 2 atom stereocenters. The number of carboxylic acids is 1. The third-order valence-electron chi connectivity index (χ3n) is 3.92. The number of aromatic nitrogens is 4. The number of nitrogens with two attached hydrogens (primary N) is 1. The first kappa shape index (κ1) is 16.0. The van der Waals surface area contributed by atoms with E-state index in [-0.39, 0.29) is 23.9 Å². The van der Waals surface area contributed by atoms with E-state index >= 15 is 0 Å². The first-order valence-electron chi connectivity index (χ1n) is 6.94. The lowest BCUT2D eigenvalue weighted by Gasteiger charge is -2.20. The van der Waals surface area contributed by atoms with Gasteiger partial charge in [0.25, 0.3) is 0 Å². The zero-order valence-corrected chi connectivity index (χ0v) is 12.2. The van der Waals surface area contributed by atoms with Crippen LogP contribution in [0.5, 0.6) is 0 Å². The Morgan fingerprint density at radius 1 is 1.29 bits per heavy atom. The van der Waals surface area contributed by atoms with Crippen LogP contribution in [0.2, 0.25) is 0 Å². The maximum Gasteiger partial charge on any atom is 0.394 e. The average Bonchev–Trinajstić information content (AvgIpc) is 3.16. The van der Waals surface area contributed by atoms with Gasteiger partial charge in [-0.15, -0.1) is 0 Å². The Morgan fingerprint density at radius 2 is 2.00 bits per heavy atom. The van der Waals surface area contributed by atoms with Gasteiger partial charge in [-0.3, -0.25) is 4.79 Å². The smallest absolute Gasteiger partial charge is 0.394 e. The number of halogens is 3. The summed E-state index contributed by atoms with van der Waals surface area (Å²) in [4.78, 5) is 20.3. The number of alkyl halides is 3. The van der Waals surface area contributed by atoms with Gasteiger partial charge in [-0.05, 0) is 6.07 Å². The van der Waals surface area contributed by atoms with Gasteiger partial charge >= 0.3 is 12.1 Å². The van der Waals surface area contributed by atoms with Gasteiger partial charge in [0.2, 0.25) is 0 Å². The fourth-order valence-electron chi connectivity index (χ4n) is 2.76. The minimum absolute atomic E-state index is 0.0353. The molecular formula is C13H13F3N6O2. The minimum atomic E-state index is -4.62. The maximum atomic E-state index is 13.1. The van der Waals surface area contributed by atoms with Gasteiger partial charge < -0.3 is 15.7 Å². The van der Waals surface area contributed by atoms with E-state index in [4.69, 9.17) is 10.8 Å². The summed E-state index contributed by atoms with van der Waals surface area (Å²) in [6, 6.07) is 1.64. The van der Waals surface area contributed by atoms with E-state index in [1.54, 1.807) is 12.3 Å². The Morgan fingerprint density at radius 3 is 2.54 bits per heavy atom. The fourth-order valence-corrected chi connectivity index (χ4v) is 2.76. The van der Waals surface area contributed by atoms with E-state index in [9.17, 15) is 18.0 Å². The molecule has 0 unspecified atom stereocenters. The molecule has 1 saturated heterocycles. The largest absolute Gasteiger partial charge is 0.481 e. The van der Waals surface area contributed by atoms with Crippen LogP contribution in [0, 0.1) is 11.8 Å². The van der Waals surface area contributed by atoms with Crippen LogP contribution in [0.4, 0.5) is 24.7 Å². The number of rotatable bonds is 3. The van der Waals surface area contributed by atoms with Crippen LogP contribution in [-0.4, -0.2) is 50.1 Å². The zero-order chi connectivity index (χ0) is 17.5. The van der Waals surface area contributed by atoms with Crippen molar-refractivity contribution >= 4 is 17.5 Å². The van der Waals surface area contributed by atoms with Gasteiger partial charge in [0.1, 0.15) is 12.0 Å². The molecule has 128 valence electrons. The lowest BCUT2D eigenvalue weighted by atomic mass is 9.96. The van der Waals surface area contributed by atoms with Crippen molar-refractivity contribution in [3.8, 4) is 5.82 Å². The summed E-state index contributed by atoms with van der Waals surface area (Å²) in [7, 11) is 0. The quantitative estimate of drug-likeness (QED) is 0.854. The standard InChI is InChI=1S/C13H13F3N6O2/c14-13(15,16)8-5-21(4-7(8)12(23)24)10-9(17)11(19-6-18-10)22-3-1-2-20-22/h1-3,6-8H,4-5,17H2,(H,23,24)/t7-,8-/m1/s1. The Labute approximate surface area is 133 Å². The summed E-state index contributed by atoms with van der Waals surface area (Å²) in [5, 5.41) is 13.0. The van der Waals surface area contributed by atoms with Crippen LogP contribution < -0.4 is 10.6 Å². The molecule has 0 aliphatic carbocycles. The molecule has 0 aromatic carbocycles. The molecule has 0 spiro atoms. The molecule has 8 nitrogen and oxygen atoms in total. The molecule has 2 aromatic rings. The Hall–Kier alpha value is -2.85. The van der Waals surface area contributed by atoms with Crippen molar-refractivity contribution < 1.29 is 23.1 Å². The highest BCUT2D eigenvalue weighted by molar-refractivity contribution is 5.75. The van der Waals surface area contributed by atoms with Crippen molar-refractivity contribution in [2.45, 2.75) is 6.18 Å². The topological polar surface area (TPSA) is 110 Å². The monoisotopic (exact) mass is 342 g/mol. The zero-order valence-electron chi connectivity index (χ0n) is 12.2. The first-order valence-corrected chi connectivity index (χ1v) is 6.94. The lowest BCUT2D eigenvalue weighted by Crippen LogP contribution is -2.33. The summed E-state index contributed by atoms with van der Waals surface area (Å²) < 4.78 is 40.6. The van der Waals surface area contributed by atoms with Crippen LogP contribution in [0.3, 0.4) is 0 Å². The molecule has 3 rings (SSSR count). The summed E-state index contributed by atoms with van der Waals surface area (Å²) >= 11 is 0. The van der Waals surface area contributed by atoms with E-state index in [0.29, 0.717) is 0 Å². The highest BCUT2D eigenvalue weighted by Crippen LogP contribution is 2.40. The van der Waals surface area contributed by atoms with E-state index < -0.39 is 30.5 Å². The Kier molecular flexibility index (Phi) is 3.78. The molecule has 3 N–H and O–H groups in total. The summed E-state index contributed by atoms with van der Waals surface area (Å²) in [5.41, 5.74) is 6.01. The molecule has 2 aromatic heterocycles. The minimum Gasteiger partial charge on any atom is -0.481 e. The van der Waals surface area contributed by atoms with Gasteiger partial charge in [-0.1, -0.05) is 0 Å². The molecular weight excluding hydrogens is 329 g/mol. The second-order valence-corrected chi connectivity index (χ2v) is 5.38. The van der Waals surface area contributed by atoms with Crippen molar-refractivity contribution in [2.75, 3.05) is 23.7 Å².